The van der Waals surface area contributed by atoms with Crippen molar-refractivity contribution >= 4 is 11.9 Å². The molecule has 0 spiro atoms. The molecular formula is C24H38O4. The number of benzene rings is 1. The van der Waals surface area contributed by atoms with Crippen molar-refractivity contribution in [3.05, 3.63) is 33.9 Å². The lowest BCUT2D eigenvalue weighted by Crippen LogP contribution is -2.18. The molecule has 0 aliphatic carbocycles. The van der Waals surface area contributed by atoms with Crippen LogP contribution in [0.4, 0.5) is 0 Å². The second-order valence-electron chi connectivity index (χ2n) is 7.42. The Morgan fingerprint density at radius 2 is 1.29 bits per heavy atom. The van der Waals surface area contributed by atoms with Crippen LogP contribution in [0.3, 0.4) is 0 Å². The highest BCUT2D eigenvalue weighted by Gasteiger charge is 2.26. The van der Waals surface area contributed by atoms with Crippen molar-refractivity contribution in [1.82, 2.24) is 0 Å². The van der Waals surface area contributed by atoms with Gasteiger partial charge in [0.05, 0.1) is 25.3 Å². The van der Waals surface area contributed by atoms with Gasteiger partial charge in [0.15, 0.2) is 0 Å². The number of esters is 2. The van der Waals surface area contributed by atoms with Gasteiger partial charge in [-0.1, -0.05) is 65.7 Å². The fourth-order valence-electron chi connectivity index (χ4n) is 3.85. The number of carbonyl (C=O) groups excluding carboxylic acids is 2. The van der Waals surface area contributed by atoms with Gasteiger partial charge in [0, 0.05) is 0 Å². The first-order valence-corrected chi connectivity index (χ1v) is 10.9. The third-order valence-corrected chi connectivity index (χ3v) is 5.24. The Hall–Kier alpha value is -1.84. The first-order valence-electron chi connectivity index (χ1n) is 10.9. The van der Waals surface area contributed by atoms with Crippen LogP contribution in [0.2, 0.25) is 0 Å². The van der Waals surface area contributed by atoms with E-state index in [1.54, 1.807) is 0 Å². The van der Waals surface area contributed by atoms with Crippen molar-refractivity contribution in [1.29, 1.82) is 0 Å². The van der Waals surface area contributed by atoms with Crippen molar-refractivity contribution in [2.45, 2.75) is 91.4 Å². The van der Waals surface area contributed by atoms with Gasteiger partial charge in [0.1, 0.15) is 0 Å². The van der Waals surface area contributed by atoms with Crippen molar-refractivity contribution in [2.75, 3.05) is 14.2 Å². The molecule has 28 heavy (non-hydrogen) atoms. The maximum atomic E-state index is 12.5. The summed E-state index contributed by atoms with van der Waals surface area (Å²) in [5.41, 5.74) is 4.13. The summed E-state index contributed by atoms with van der Waals surface area (Å²) >= 11 is 0. The fourth-order valence-corrected chi connectivity index (χ4v) is 3.85. The van der Waals surface area contributed by atoms with Crippen LogP contribution >= 0.6 is 0 Å². The van der Waals surface area contributed by atoms with Crippen molar-refractivity contribution in [3.8, 4) is 0 Å². The molecule has 0 N–H and O–H groups in total. The molecule has 0 fully saturated rings. The van der Waals surface area contributed by atoms with Gasteiger partial charge in [-0.2, -0.15) is 0 Å². The van der Waals surface area contributed by atoms with E-state index in [9.17, 15) is 9.59 Å². The summed E-state index contributed by atoms with van der Waals surface area (Å²) in [5, 5.41) is 0. The Morgan fingerprint density at radius 1 is 0.714 bits per heavy atom. The molecule has 1 rings (SSSR count). The fraction of sp³-hybridized carbons (Fsp3) is 0.667. The predicted molar refractivity (Wildman–Crippen MR) is 114 cm³/mol. The molecule has 0 saturated carbocycles. The summed E-state index contributed by atoms with van der Waals surface area (Å²) in [6, 6.07) is 1.88. The Labute approximate surface area is 171 Å². The number of rotatable bonds is 13. The summed E-state index contributed by atoms with van der Waals surface area (Å²) in [6.07, 6.45) is 11.9. The van der Waals surface area contributed by atoms with E-state index in [-0.39, 0.29) is 0 Å². The molecule has 0 radical (unpaired) electrons. The molecule has 0 unspecified atom stereocenters. The van der Waals surface area contributed by atoms with E-state index >= 15 is 0 Å². The molecular weight excluding hydrogens is 352 g/mol. The molecule has 0 aliphatic rings. The van der Waals surface area contributed by atoms with E-state index in [1.165, 1.54) is 57.5 Å². The average Bonchev–Trinajstić information content (AvgIpc) is 2.71. The molecule has 1 aromatic carbocycles. The molecule has 0 heterocycles. The van der Waals surface area contributed by atoms with Gasteiger partial charge < -0.3 is 9.47 Å². The van der Waals surface area contributed by atoms with Crippen molar-refractivity contribution in [2.24, 2.45) is 0 Å². The molecule has 0 aliphatic heterocycles. The smallest absolute Gasteiger partial charge is 0.339 e. The number of ether oxygens (including phenoxy) is 2. The summed E-state index contributed by atoms with van der Waals surface area (Å²) < 4.78 is 10.0. The molecule has 158 valence electrons. The average molecular weight is 391 g/mol. The topological polar surface area (TPSA) is 52.6 Å². The third-order valence-electron chi connectivity index (χ3n) is 5.24. The lowest BCUT2D eigenvalue weighted by atomic mass is 9.85. The van der Waals surface area contributed by atoms with Crippen LogP contribution in [0.5, 0.6) is 0 Å². The van der Waals surface area contributed by atoms with E-state index in [0.29, 0.717) is 11.1 Å². The quantitative estimate of drug-likeness (QED) is 0.303. The van der Waals surface area contributed by atoms with E-state index < -0.39 is 11.9 Å². The second kappa shape index (κ2) is 13.4. The summed E-state index contributed by atoms with van der Waals surface area (Å²) in [7, 11) is 2.72. The molecule has 0 amide bonds. The molecule has 0 bridgehead atoms. The highest BCUT2D eigenvalue weighted by Crippen LogP contribution is 2.29. The monoisotopic (exact) mass is 390 g/mol. The van der Waals surface area contributed by atoms with Crippen molar-refractivity contribution in [3.63, 3.8) is 0 Å². The third kappa shape index (κ3) is 6.65. The van der Waals surface area contributed by atoms with E-state index in [4.69, 9.17) is 9.47 Å². The lowest BCUT2D eigenvalue weighted by molar-refractivity contribution is 0.0554. The van der Waals surface area contributed by atoms with E-state index in [1.807, 2.05) is 6.07 Å². The first-order chi connectivity index (χ1) is 13.5. The molecule has 0 saturated heterocycles. The molecule has 1 aromatic rings. The zero-order valence-electron chi connectivity index (χ0n) is 18.5. The lowest BCUT2D eigenvalue weighted by Gasteiger charge is -2.20. The maximum Gasteiger partial charge on any atom is 0.339 e. The number of unbranched alkanes of at least 4 members (excludes halogenated alkanes) is 5. The van der Waals surface area contributed by atoms with Gasteiger partial charge in [0.25, 0.3) is 0 Å². The zero-order valence-corrected chi connectivity index (χ0v) is 18.5. The molecule has 4 heteroatoms. The summed E-state index contributed by atoms with van der Waals surface area (Å²) in [5.74, 6) is -0.919. The first kappa shape index (κ1) is 24.2. The maximum absolute atomic E-state index is 12.5. The Kier molecular flexibility index (Phi) is 11.5. The molecule has 0 atom stereocenters. The van der Waals surface area contributed by atoms with Gasteiger partial charge in [-0.25, -0.2) is 9.59 Å². The standard InChI is InChI=1S/C24H38O4/c1-6-9-10-11-12-13-16-18-17-21(23(25)27-4)22(24(26)28-5)20(15-8-3)19(18)14-7-2/h17H,6-16H2,1-5H3. The zero-order chi connectivity index (χ0) is 20.9. The highest BCUT2D eigenvalue weighted by atomic mass is 16.5. The van der Waals surface area contributed by atoms with E-state index in [0.717, 1.165) is 44.1 Å². The van der Waals surface area contributed by atoms with Crippen LogP contribution in [0.25, 0.3) is 0 Å². The van der Waals surface area contributed by atoms with Crippen LogP contribution in [-0.4, -0.2) is 26.2 Å². The minimum Gasteiger partial charge on any atom is -0.465 e. The van der Waals surface area contributed by atoms with E-state index in [2.05, 4.69) is 20.8 Å². The SMILES string of the molecule is CCCCCCCCc1cc(C(=O)OC)c(C(=O)OC)c(CCC)c1CCC. The van der Waals surface area contributed by atoms with Gasteiger partial charge in [-0.15, -0.1) is 0 Å². The van der Waals surface area contributed by atoms with Gasteiger partial charge in [-0.05, 0) is 48.4 Å². The molecule has 0 aromatic heterocycles. The minimum atomic E-state index is -0.468. The Bertz CT molecular complexity index is 634. The number of methoxy groups -OCH3 is 2. The Morgan fingerprint density at radius 3 is 1.86 bits per heavy atom. The Balaban J connectivity index is 3.33. The number of carbonyl (C=O) groups is 2. The van der Waals surface area contributed by atoms with Gasteiger partial charge in [0.2, 0.25) is 0 Å². The van der Waals surface area contributed by atoms with Crippen molar-refractivity contribution < 1.29 is 19.1 Å². The largest absolute Gasteiger partial charge is 0.465 e. The number of aryl methyl sites for hydroxylation is 1. The minimum absolute atomic E-state index is 0.346. The van der Waals surface area contributed by atoms with Gasteiger partial charge >= 0.3 is 11.9 Å². The highest BCUT2D eigenvalue weighted by molar-refractivity contribution is 6.04. The number of hydrogen-bond acceptors (Lipinski definition) is 4. The second-order valence-corrected chi connectivity index (χ2v) is 7.42. The van der Waals surface area contributed by atoms with Crippen LogP contribution < -0.4 is 0 Å². The summed E-state index contributed by atoms with van der Waals surface area (Å²) in [6.45, 7) is 6.47. The molecule has 4 nitrogen and oxygen atoms in total. The van der Waals surface area contributed by atoms with Crippen LogP contribution in [0, 0.1) is 0 Å². The predicted octanol–water partition coefficient (Wildman–Crippen LogP) is 6.07. The van der Waals surface area contributed by atoms with Gasteiger partial charge in [-0.3, -0.25) is 0 Å². The van der Waals surface area contributed by atoms with Crippen LogP contribution in [-0.2, 0) is 28.7 Å². The number of hydrogen-bond donors (Lipinski definition) is 0. The normalized spacial score (nSPS) is 10.8. The van der Waals surface area contributed by atoms with Crippen LogP contribution in [0.1, 0.15) is 110 Å². The summed E-state index contributed by atoms with van der Waals surface area (Å²) in [4.78, 5) is 25.0. The van der Waals surface area contributed by atoms with Crippen LogP contribution in [0.15, 0.2) is 6.07 Å².